The van der Waals surface area contributed by atoms with Gasteiger partial charge in [-0.2, -0.15) is 0 Å². The monoisotopic (exact) mass is 374 g/mol. The van der Waals surface area contributed by atoms with E-state index in [1.54, 1.807) is 0 Å². The molecule has 0 radical (unpaired) electrons. The maximum absolute atomic E-state index is 11.6. The molecule has 0 N–H and O–H groups in total. The average Bonchev–Trinajstić information content (AvgIpc) is 2.49. The maximum atomic E-state index is 11.6. The van der Waals surface area contributed by atoms with E-state index in [4.69, 9.17) is 18.9 Å². The minimum absolute atomic E-state index is 0.135. The highest BCUT2D eigenvalue weighted by atomic mass is 16.6. The smallest absolute Gasteiger partial charge is 0.304 e. The van der Waals surface area contributed by atoms with Crippen molar-refractivity contribution < 1.29 is 47.7 Å². The molecule has 26 heavy (non-hydrogen) atoms. The van der Waals surface area contributed by atoms with Crippen LogP contribution in [-0.4, -0.2) is 71.4 Å². The van der Waals surface area contributed by atoms with Crippen LogP contribution in [0.25, 0.3) is 0 Å². The van der Waals surface area contributed by atoms with E-state index in [1.807, 2.05) is 0 Å². The van der Waals surface area contributed by atoms with Crippen molar-refractivity contribution in [1.29, 1.82) is 0 Å². The van der Waals surface area contributed by atoms with Crippen molar-refractivity contribution in [2.75, 3.05) is 0 Å². The first-order valence-corrected chi connectivity index (χ1v) is 7.26. The highest BCUT2D eigenvalue weighted by Gasteiger charge is 2.54. The van der Waals surface area contributed by atoms with E-state index in [1.165, 1.54) is 0 Å². The standard InChI is InChI=1S/C14H18N2O10/c1-7(19)23-11-12(24-8(2)20)16(6-18)14(26-10(4)22)13(15(11)5-17)25-9(3)21/h5-6,11-14H,1-4H3/t11-,12-,13-,14+/m0/s1. The topological polar surface area (TPSA) is 146 Å². The molecule has 0 bridgehead atoms. The number of ether oxygens (including phenoxy) is 4. The summed E-state index contributed by atoms with van der Waals surface area (Å²) in [7, 11) is 0. The zero-order valence-corrected chi connectivity index (χ0v) is 14.4. The van der Waals surface area contributed by atoms with E-state index in [0.29, 0.717) is 9.80 Å². The number of nitrogens with zero attached hydrogens (tertiary/aromatic N) is 2. The Labute approximate surface area is 147 Å². The van der Waals surface area contributed by atoms with Gasteiger partial charge in [-0.1, -0.05) is 0 Å². The second-order valence-corrected chi connectivity index (χ2v) is 5.11. The van der Waals surface area contributed by atoms with Gasteiger partial charge in [-0.05, 0) is 0 Å². The molecule has 0 aliphatic carbocycles. The van der Waals surface area contributed by atoms with Gasteiger partial charge in [0.1, 0.15) is 0 Å². The zero-order valence-electron chi connectivity index (χ0n) is 14.4. The van der Waals surface area contributed by atoms with E-state index >= 15 is 0 Å². The van der Waals surface area contributed by atoms with Gasteiger partial charge in [0.25, 0.3) is 0 Å². The summed E-state index contributed by atoms with van der Waals surface area (Å²) in [6.45, 7) is 4.05. The summed E-state index contributed by atoms with van der Waals surface area (Å²) >= 11 is 0. The first-order valence-electron chi connectivity index (χ1n) is 7.26. The Bertz CT molecular complexity index is 511. The minimum atomic E-state index is -1.64. The fourth-order valence-electron chi connectivity index (χ4n) is 2.27. The molecule has 1 heterocycles. The van der Waals surface area contributed by atoms with Crippen molar-refractivity contribution in [3.8, 4) is 0 Å². The van der Waals surface area contributed by atoms with Gasteiger partial charge in [-0.25, -0.2) is 0 Å². The number of esters is 4. The fourth-order valence-corrected chi connectivity index (χ4v) is 2.27. The molecule has 0 aromatic heterocycles. The Morgan fingerprint density at radius 1 is 0.577 bits per heavy atom. The number of amides is 2. The van der Waals surface area contributed by atoms with Gasteiger partial charge in [0.2, 0.25) is 37.7 Å². The van der Waals surface area contributed by atoms with Gasteiger partial charge in [0.05, 0.1) is 0 Å². The van der Waals surface area contributed by atoms with Crippen molar-refractivity contribution in [1.82, 2.24) is 9.80 Å². The third-order valence-electron chi connectivity index (χ3n) is 3.05. The van der Waals surface area contributed by atoms with Crippen LogP contribution in [0.5, 0.6) is 0 Å². The molecule has 12 heteroatoms. The predicted octanol–water partition coefficient (Wildman–Crippen LogP) is -1.53. The van der Waals surface area contributed by atoms with E-state index in [-0.39, 0.29) is 12.8 Å². The minimum Gasteiger partial charge on any atom is -0.435 e. The van der Waals surface area contributed by atoms with E-state index < -0.39 is 48.8 Å². The third kappa shape index (κ3) is 4.91. The lowest BCUT2D eigenvalue weighted by molar-refractivity contribution is -0.289. The van der Waals surface area contributed by atoms with E-state index in [9.17, 15) is 28.8 Å². The molecule has 0 aromatic rings. The molecule has 0 saturated carbocycles. The van der Waals surface area contributed by atoms with Crippen molar-refractivity contribution in [2.24, 2.45) is 0 Å². The first kappa shape index (κ1) is 20.9. The van der Waals surface area contributed by atoms with Gasteiger partial charge < -0.3 is 18.9 Å². The second-order valence-electron chi connectivity index (χ2n) is 5.11. The predicted molar refractivity (Wildman–Crippen MR) is 78.0 cm³/mol. The normalized spacial score (nSPS) is 24.9. The summed E-state index contributed by atoms with van der Waals surface area (Å²) in [5.74, 6) is -3.51. The number of hydrogen-bond donors (Lipinski definition) is 0. The van der Waals surface area contributed by atoms with Gasteiger partial charge >= 0.3 is 23.9 Å². The van der Waals surface area contributed by atoms with E-state index in [2.05, 4.69) is 0 Å². The molecule has 2 amide bonds. The van der Waals surface area contributed by atoms with Crippen molar-refractivity contribution in [3.05, 3.63) is 0 Å². The Morgan fingerprint density at radius 2 is 0.769 bits per heavy atom. The average molecular weight is 374 g/mol. The molecule has 0 unspecified atom stereocenters. The lowest BCUT2D eigenvalue weighted by atomic mass is 10.2. The Morgan fingerprint density at radius 3 is 0.885 bits per heavy atom. The Kier molecular flexibility index (Phi) is 7.05. The molecule has 1 saturated heterocycles. The lowest BCUT2D eigenvalue weighted by Crippen LogP contribution is -2.71. The summed E-state index contributed by atoms with van der Waals surface area (Å²) in [6.07, 6.45) is -6.30. The molecule has 1 rings (SSSR count). The summed E-state index contributed by atoms with van der Waals surface area (Å²) < 4.78 is 19.8. The number of piperazine rings is 1. The van der Waals surface area contributed by atoms with Crippen molar-refractivity contribution in [3.63, 3.8) is 0 Å². The molecular formula is C14H18N2O10. The largest absolute Gasteiger partial charge is 0.435 e. The number of rotatable bonds is 6. The molecule has 1 fully saturated rings. The fraction of sp³-hybridized carbons (Fsp3) is 0.571. The molecule has 4 atom stereocenters. The lowest BCUT2D eigenvalue weighted by Gasteiger charge is -2.49. The Hall–Kier alpha value is -3.18. The van der Waals surface area contributed by atoms with Crippen LogP contribution in [0, 0.1) is 0 Å². The van der Waals surface area contributed by atoms with Crippen LogP contribution >= 0.6 is 0 Å². The van der Waals surface area contributed by atoms with Crippen molar-refractivity contribution in [2.45, 2.75) is 52.6 Å². The maximum Gasteiger partial charge on any atom is 0.304 e. The van der Waals surface area contributed by atoms with Crippen LogP contribution in [0.1, 0.15) is 27.7 Å². The SMILES string of the molecule is CC(=O)O[C@@H]1[C@H](OC(C)=O)N(C=O)[C@@H](OC(C)=O)[C@H](OC(C)=O)N1C=O. The molecule has 0 spiro atoms. The summed E-state index contributed by atoms with van der Waals surface area (Å²) in [6, 6.07) is 0. The molecule has 144 valence electrons. The number of carbonyl (C=O) groups excluding carboxylic acids is 6. The highest BCUT2D eigenvalue weighted by molar-refractivity contribution is 5.70. The van der Waals surface area contributed by atoms with Crippen LogP contribution in [0.2, 0.25) is 0 Å². The molecule has 1 aliphatic heterocycles. The zero-order chi connectivity index (χ0) is 20.0. The second kappa shape index (κ2) is 8.78. The van der Waals surface area contributed by atoms with Gasteiger partial charge in [-0.3, -0.25) is 38.6 Å². The van der Waals surface area contributed by atoms with Gasteiger partial charge in [0.15, 0.2) is 0 Å². The number of hydrogen-bond acceptors (Lipinski definition) is 10. The van der Waals surface area contributed by atoms with Crippen LogP contribution in [0.3, 0.4) is 0 Å². The van der Waals surface area contributed by atoms with Crippen molar-refractivity contribution >= 4 is 36.7 Å². The van der Waals surface area contributed by atoms with E-state index in [0.717, 1.165) is 27.7 Å². The first-order chi connectivity index (χ1) is 12.1. The summed E-state index contributed by atoms with van der Waals surface area (Å²) in [5.41, 5.74) is 0. The van der Waals surface area contributed by atoms with Crippen LogP contribution in [-0.2, 0) is 47.7 Å². The summed E-state index contributed by atoms with van der Waals surface area (Å²) in [4.78, 5) is 70.0. The molecule has 0 aromatic carbocycles. The van der Waals surface area contributed by atoms with Gasteiger partial charge in [-0.15, -0.1) is 0 Å². The Balaban J connectivity index is 3.47. The number of carbonyl (C=O) groups is 6. The van der Waals surface area contributed by atoms with Crippen LogP contribution in [0.4, 0.5) is 0 Å². The third-order valence-corrected chi connectivity index (χ3v) is 3.05. The van der Waals surface area contributed by atoms with Gasteiger partial charge in [0, 0.05) is 27.7 Å². The molecule has 12 nitrogen and oxygen atoms in total. The highest BCUT2D eigenvalue weighted by Crippen LogP contribution is 2.29. The quantitative estimate of drug-likeness (QED) is 0.305. The van der Waals surface area contributed by atoms with Crippen LogP contribution in [0.15, 0.2) is 0 Å². The summed E-state index contributed by atoms with van der Waals surface area (Å²) in [5, 5.41) is 0. The van der Waals surface area contributed by atoms with Crippen LogP contribution < -0.4 is 0 Å². The molecular weight excluding hydrogens is 356 g/mol. The molecule has 1 aliphatic rings.